The van der Waals surface area contributed by atoms with Gasteiger partial charge in [0.05, 0.1) is 24.9 Å². The van der Waals surface area contributed by atoms with E-state index in [1.165, 1.54) is 32.1 Å². The number of nitrogens with one attached hydrogen (secondary N) is 2. The minimum Gasteiger partial charge on any atom is -0.376 e. The monoisotopic (exact) mass is 356 g/mol. The SMILES string of the molecule is CC.CC(=O)NC(COC1CCCNC1)C(C)OCC1CCCCC1. The van der Waals surface area contributed by atoms with Crippen LogP contribution in [-0.4, -0.2) is 50.5 Å². The van der Waals surface area contributed by atoms with Crippen molar-refractivity contribution in [2.75, 3.05) is 26.3 Å². The molecule has 3 unspecified atom stereocenters. The fourth-order valence-corrected chi connectivity index (χ4v) is 3.52. The third-order valence-electron chi connectivity index (χ3n) is 5.04. The van der Waals surface area contributed by atoms with Gasteiger partial charge in [-0.3, -0.25) is 4.79 Å². The van der Waals surface area contributed by atoms with Crippen LogP contribution in [0.25, 0.3) is 0 Å². The molecule has 1 heterocycles. The Morgan fingerprint density at radius 3 is 2.48 bits per heavy atom. The van der Waals surface area contributed by atoms with Crippen LogP contribution in [0.2, 0.25) is 0 Å². The first-order valence-corrected chi connectivity index (χ1v) is 10.4. The van der Waals surface area contributed by atoms with Crippen LogP contribution in [0.15, 0.2) is 0 Å². The molecule has 1 amide bonds. The van der Waals surface area contributed by atoms with Crippen molar-refractivity contribution in [3.63, 3.8) is 0 Å². The van der Waals surface area contributed by atoms with E-state index >= 15 is 0 Å². The lowest BCUT2D eigenvalue weighted by Crippen LogP contribution is -2.47. The minimum atomic E-state index is -0.0713. The molecule has 2 N–H and O–H groups in total. The highest BCUT2D eigenvalue weighted by molar-refractivity contribution is 5.73. The molecule has 0 aromatic carbocycles. The van der Waals surface area contributed by atoms with Crippen LogP contribution < -0.4 is 10.6 Å². The Hall–Kier alpha value is -0.650. The molecular weight excluding hydrogens is 316 g/mol. The maximum absolute atomic E-state index is 11.5. The molecule has 148 valence electrons. The molecule has 0 spiro atoms. The zero-order chi connectivity index (χ0) is 18.5. The van der Waals surface area contributed by atoms with Gasteiger partial charge >= 0.3 is 0 Å². The van der Waals surface area contributed by atoms with Gasteiger partial charge in [0.15, 0.2) is 0 Å². The van der Waals surface area contributed by atoms with Crippen LogP contribution in [0.3, 0.4) is 0 Å². The molecular formula is C20H40N2O3. The zero-order valence-electron chi connectivity index (χ0n) is 16.8. The molecule has 5 nitrogen and oxygen atoms in total. The lowest BCUT2D eigenvalue weighted by Gasteiger charge is -2.30. The predicted octanol–water partition coefficient (Wildman–Crippen LogP) is 3.27. The average molecular weight is 357 g/mol. The molecule has 0 aromatic heterocycles. The normalized spacial score (nSPS) is 23.9. The first kappa shape index (κ1) is 22.4. The van der Waals surface area contributed by atoms with Gasteiger partial charge in [0.2, 0.25) is 5.91 Å². The summed E-state index contributed by atoms with van der Waals surface area (Å²) in [5, 5.41) is 6.35. The Balaban J connectivity index is 0.00000151. The number of rotatable bonds is 8. The summed E-state index contributed by atoms with van der Waals surface area (Å²) in [5.74, 6) is 0.668. The zero-order valence-corrected chi connectivity index (χ0v) is 16.8. The number of hydrogen-bond donors (Lipinski definition) is 2. The van der Waals surface area contributed by atoms with Crippen molar-refractivity contribution >= 4 is 5.91 Å². The van der Waals surface area contributed by atoms with E-state index in [9.17, 15) is 4.79 Å². The summed E-state index contributed by atoms with van der Waals surface area (Å²) in [6.45, 7) is 10.9. The van der Waals surface area contributed by atoms with E-state index in [0.29, 0.717) is 12.5 Å². The first-order chi connectivity index (χ1) is 12.1. The van der Waals surface area contributed by atoms with Crippen LogP contribution in [0.4, 0.5) is 0 Å². The van der Waals surface area contributed by atoms with E-state index in [4.69, 9.17) is 9.47 Å². The number of hydrogen-bond acceptors (Lipinski definition) is 4. The molecule has 2 rings (SSSR count). The number of ether oxygens (including phenoxy) is 2. The first-order valence-electron chi connectivity index (χ1n) is 10.4. The number of carbonyl (C=O) groups excluding carboxylic acids is 1. The van der Waals surface area contributed by atoms with Crippen LogP contribution >= 0.6 is 0 Å². The molecule has 1 saturated heterocycles. The van der Waals surface area contributed by atoms with E-state index < -0.39 is 0 Å². The molecule has 2 aliphatic rings. The van der Waals surface area contributed by atoms with Gasteiger partial charge in [0.25, 0.3) is 0 Å². The van der Waals surface area contributed by atoms with Crippen molar-refractivity contribution in [3.8, 4) is 0 Å². The fraction of sp³-hybridized carbons (Fsp3) is 0.950. The highest BCUT2D eigenvalue weighted by Crippen LogP contribution is 2.24. The second-order valence-electron chi connectivity index (χ2n) is 7.15. The molecule has 1 saturated carbocycles. The fourth-order valence-electron chi connectivity index (χ4n) is 3.52. The highest BCUT2D eigenvalue weighted by Gasteiger charge is 2.23. The smallest absolute Gasteiger partial charge is 0.217 e. The summed E-state index contributed by atoms with van der Waals surface area (Å²) in [5.41, 5.74) is 0. The standard InChI is InChI=1S/C18H34N2O3.C2H6/c1-14(22-12-16-7-4-3-5-8-16)18(20-15(2)21)13-23-17-9-6-10-19-11-17;1-2/h14,16-19H,3-13H2,1-2H3,(H,20,21);1-2H3. The molecule has 3 atom stereocenters. The van der Waals surface area contributed by atoms with E-state index in [1.54, 1.807) is 6.92 Å². The van der Waals surface area contributed by atoms with Crippen molar-refractivity contribution < 1.29 is 14.3 Å². The summed E-state index contributed by atoms with van der Waals surface area (Å²) in [4.78, 5) is 11.5. The van der Waals surface area contributed by atoms with Gasteiger partial charge < -0.3 is 20.1 Å². The minimum absolute atomic E-state index is 0.0163. The van der Waals surface area contributed by atoms with Crippen molar-refractivity contribution in [1.29, 1.82) is 0 Å². The maximum Gasteiger partial charge on any atom is 0.217 e. The van der Waals surface area contributed by atoms with Crippen molar-refractivity contribution in [2.24, 2.45) is 5.92 Å². The molecule has 25 heavy (non-hydrogen) atoms. The second kappa shape index (κ2) is 13.5. The summed E-state index contributed by atoms with van der Waals surface area (Å²) in [6.07, 6.45) is 9.07. The molecule has 1 aliphatic carbocycles. The van der Waals surface area contributed by atoms with Gasteiger partial charge in [-0.05, 0) is 45.1 Å². The quantitative estimate of drug-likeness (QED) is 0.701. The third-order valence-corrected chi connectivity index (χ3v) is 5.04. The molecule has 0 radical (unpaired) electrons. The lowest BCUT2D eigenvalue weighted by molar-refractivity contribution is -0.122. The Labute approximate surface area is 154 Å². The lowest BCUT2D eigenvalue weighted by atomic mass is 9.90. The molecule has 0 aromatic rings. The van der Waals surface area contributed by atoms with Crippen molar-refractivity contribution in [3.05, 3.63) is 0 Å². The Kier molecular flexibility index (Phi) is 12.1. The topological polar surface area (TPSA) is 59.6 Å². The Bertz CT molecular complexity index is 340. The summed E-state index contributed by atoms with van der Waals surface area (Å²) in [6, 6.07) is -0.0713. The third kappa shape index (κ3) is 9.57. The number of carbonyl (C=O) groups is 1. The van der Waals surface area contributed by atoms with Crippen LogP contribution in [0.1, 0.15) is 72.6 Å². The predicted molar refractivity (Wildman–Crippen MR) is 103 cm³/mol. The number of amides is 1. The molecule has 5 heteroatoms. The van der Waals surface area contributed by atoms with Gasteiger partial charge in [-0.15, -0.1) is 0 Å². The second-order valence-corrected chi connectivity index (χ2v) is 7.15. The molecule has 2 fully saturated rings. The van der Waals surface area contributed by atoms with Gasteiger partial charge in [-0.25, -0.2) is 0 Å². The average Bonchev–Trinajstić information content (AvgIpc) is 2.66. The van der Waals surface area contributed by atoms with Crippen molar-refractivity contribution in [1.82, 2.24) is 10.6 Å². The molecule has 1 aliphatic heterocycles. The summed E-state index contributed by atoms with van der Waals surface area (Å²) in [7, 11) is 0. The molecule has 0 bridgehead atoms. The van der Waals surface area contributed by atoms with Crippen LogP contribution in [0, 0.1) is 5.92 Å². The van der Waals surface area contributed by atoms with Gasteiger partial charge in [0.1, 0.15) is 0 Å². The summed E-state index contributed by atoms with van der Waals surface area (Å²) >= 11 is 0. The van der Waals surface area contributed by atoms with Crippen LogP contribution in [-0.2, 0) is 14.3 Å². The van der Waals surface area contributed by atoms with Gasteiger partial charge in [0, 0.05) is 20.1 Å². The van der Waals surface area contributed by atoms with E-state index in [1.807, 2.05) is 20.8 Å². The Morgan fingerprint density at radius 1 is 1.16 bits per heavy atom. The van der Waals surface area contributed by atoms with E-state index in [-0.39, 0.29) is 24.2 Å². The highest BCUT2D eigenvalue weighted by atomic mass is 16.5. The summed E-state index contributed by atoms with van der Waals surface area (Å²) < 4.78 is 12.1. The van der Waals surface area contributed by atoms with Crippen molar-refractivity contribution in [2.45, 2.75) is 90.9 Å². The van der Waals surface area contributed by atoms with E-state index in [2.05, 4.69) is 10.6 Å². The van der Waals surface area contributed by atoms with Gasteiger partial charge in [-0.2, -0.15) is 0 Å². The Morgan fingerprint density at radius 2 is 1.88 bits per heavy atom. The van der Waals surface area contributed by atoms with E-state index in [0.717, 1.165) is 32.5 Å². The van der Waals surface area contributed by atoms with Gasteiger partial charge in [-0.1, -0.05) is 33.1 Å². The maximum atomic E-state index is 11.5. The number of piperidine rings is 1. The van der Waals surface area contributed by atoms with Crippen LogP contribution in [0.5, 0.6) is 0 Å². The largest absolute Gasteiger partial charge is 0.376 e.